The summed E-state index contributed by atoms with van der Waals surface area (Å²) in [6, 6.07) is 0. The molecule has 0 bridgehead atoms. The molecule has 4 heteroatoms. The van der Waals surface area contributed by atoms with E-state index in [-0.39, 0.29) is 12.4 Å². The molecule has 0 aromatic rings. The first-order valence-corrected chi connectivity index (χ1v) is 3.79. The predicted molar refractivity (Wildman–Crippen MR) is 47.8 cm³/mol. The Bertz CT molecular complexity index is 128. The van der Waals surface area contributed by atoms with Gasteiger partial charge in [-0.2, -0.15) is 0 Å². The second-order valence-corrected chi connectivity index (χ2v) is 2.60. The predicted octanol–water partition coefficient (Wildman–Crippen LogP) is 1.35. The topological polar surface area (TPSA) is 35.8 Å². The molecule has 1 fully saturated rings. The summed E-state index contributed by atoms with van der Waals surface area (Å²) in [6.45, 7) is 5.37. The van der Waals surface area contributed by atoms with Gasteiger partial charge in [-0.1, -0.05) is 12.1 Å². The molecule has 0 unspecified atom stereocenters. The van der Waals surface area contributed by atoms with Gasteiger partial charge in [0.2, 0.25) is 0 Å². The molecule has 0 saturated carbocycles. The number of likely N-dealkylation sites (tertiary alicyclic amines) is 1. The van der Waals surface area contributed by atoms with Crippen LogP contribution in [-0.2, 0) is 0 Å². The summed E-state index contributed by atoms with van der Waals surface area (Å²) in [7, 11) is 0. The fraction of sp³-hybridized carbons (Fsp3) is 0.857. The lowest BCUT2D eigenvalue weighted by molar-refractivity contribution is 0.274. The van der Waals surface area contributed by atoms with Crippen LogP contribution in [0.4, 0.5) is 0 Å². The third kappa shape index (κ3) is 3.08. The maximum absolute atomic E-state index is 8.42. The van der Waals surface area contributed by atoms with Crippen molar-refractivity contribution in [2.24, 2.45) is 5.16 Å². The Balaban J connectivity index is 0.000001000. The van der Waals surface area contributed by atoms with Crippen molar-refractivity contribution in [2.75, 3.05) is 19.6 Å². The quantitative estimate of drug-likeness (QED) is 0.486. The Morgan fingerprint density at radius 1 is 1.45 bits per heavy atom. The van der Waals surface area contributed by atoms with Gasteiger partial charge in [-0.25, -0.2) is 0 Å². The summed E-state index contributed by atoms with van der Waals surface area (Å²) < 4.78 is 0. The molecule has 66 valence electrons. The highest BCUT2D eigenvalue weighted by Crippen LogP contribution is 2.05. The van der Waals surface area contributed by atoms with Gasteiger partial charge < -0.3 is 10.1 Å². The highest BCUT2D eigenvalue weighted by molar-refractivity contribution is 5.85. The molecule has 1 aliphatic heterocycles. The lowest BCUT2D eigenvalue weighted by atomic mass is 10.1. The molecule has 0 radical (unpaired) electrons. The van der Waals surface area contributed by atoms with E-state index in [2.05, 4.69) is 17.0 Å². The summed E-state index contributed by atoms with van der Waals surface area (Å²) >= 11 is 0. The first kappa shape index (κ1) is 10.7. The normalized spacial score (nSPS) is 19.2. The van der Waals surface area contributed by atoms with E-state index in [4.69, 9.17) is 5.21 Å². The van der Waals surface area contributed by atoms with Crippen LogP contribution in [0.25, 0.3) is 0 Å². The molecule has 3 nitrogen and oxygen atoms in total. The van der Waals surface area contributed by atoms with Crippen molar-refractivity contribution in [3.05, 3.63) is 0 Å². The summed E-state index contributed by atoms with van der Waals surface area (Å²) in [4.78, 5) is 2.36. The number of oxime groups is 1. The second-order valence-electron chi connectivity index (χ2n) is 2.60. The van der Waals surface area contributed by atoms with Gasteiger partial charge >= 0.3 is 0 Å². The zero-order valence-corrected chi connectivity index (χ0v) is 7.60. The van der Waals surface area contributed by atoms with Crippen molar-refractivity contribution >= 4 is 18.1 Å². The third-order valence-corrected chi connectivity index (χ3v) is 2.02. The number of hydrogen-bond acceptors (Lipinski definition) is 3. The molecule has 0 atom stereocenters. The summed E-state index contributed by atoms with van der Waals surface area (Å²) in [5, 5.41) is 11.6. The van der Waals surface area contributed by atoms with Crippen LogP contribution in [-0.4, -0.2) is 35.5 Å². The first-order valence-electron chi connectivity index (χ1n) is 3.79. The van der Waals surface area contributed by atoms with E-state index in [1.165, 1.54) is 0 Å². The minimum Gasteiger partial charge on any atom is -0.411 e. The van der Waals surface area contributed by atoms with E-state index in [1.54, 1.807) is 0 Å². The lowest BCUT2D eigenvalue weighted by Gasteiger charge is -2.24. The van der Waals surface area contributed by atoms with Crippen LogP contribution < -0.4 is 0 Å². The fourth-order valence-corrected chi connectivity index (χ4v) is 1.23. The maximum Gasteiger partial charge on any atom is 0.0596 e. The van der Waals surface area contributed by atoms with E-state index < -0.39 is 0 Å². The van der Waals surface area contributed by atoms with Crippen molar-refractivity contribution in [2.45, 2.75) is 19.8 Å². The molecule has 1 saturated heterocycles. The van der Waals surface area contributed by atoms with Crippen LogP contribution in [0, 0.1) is 0 Å². The molecule has 0 aliphatic carbocycles. The minimum absolute atomic E-state index is 0. The first-order chi connectivity index (χ1) is 4.86. The molecular weight excluding hydrogens is 164 g/mol. The van der Waals surface area contributed by atoms with Gasteiger partial charge in [0.15, 0.2) is 0 Å². The molecular formula is C7H15ClN2O. The molecule has 1 N–H and O–H groups in total. The molecule has 0 aromatic carbocycles. The Morgan fingerprint density at radius 3 is 2.36 bits per heavy atom. The Hall–Kier alpha value is -0.280. The van der Waals surface area contributed by atoms with Crippen molar-refractivity contribution in [1.29, 1.82) is 0 Å². The van der Waals surface area contributed by atoms with Crippen LogP contribution in [0.2, 0.25) is 0 Å². The molecule has 11 heavy (non-hydrogen) atoms. The molecule has 0 amide bonds. The summed E-state index contributed by atoms with van der Waals surface area (Å²) in [5.41, 5.74) is 0.949. The number of nitrogens with zero attached hydrogens (tertiary/aromatic N) is 2. The van der Waals surface area contributed by atoms with Crippen molar-refractivity contribution in [3.63, 3.8) is 0 Å². The minimum atomic E-state index is 0. The van der Waals surface area contributed by atoms with Crippen LogP contribution in [0.3, 0.4) is 0 Å². The Morgan fingerprint density at radius 2 is 2.00 bits per heavy atom. The van der Waals surface area contributed by atoms with Gasteiger partial charge in [-0.05, 0) is 6.54 Å². The van der Waals surface area contributed by atoms with E-state index in [9.17, 15) is 0 Å². The van der Waals surface area contributed by atoms with Gasteiger partial charge in [0.1, 0.15) is 0 Å². The van der Waals surface area contributed by atoms with Crippen molar-refractivity contribution < 1.29 is 5.21 Å². The highest BCUT2D eigenvalue weighted by Gasteiger charge is 2.12. The molecule has 0 aromatic heterocycles. The monoisotopic (exact) mass is 178 g/mol. The van der Waals surface area contributed by atoms with Gasteiger partial charge in [0, 0.05) is 25.9 Å². The zero-order chi connectivity index (χ0) is 7.40. The van der Waals surface area contributed by atoms with E-state index in [1.807, 2.05) is 0 Å². The van der Waals surface area contributed by atoms with Crippen LogP contribution in [0.5, 0.6) is 0 Å². The number of hydrogen-bond donors (Lipinski definition) is 1. The maximum atomic E-state index is 8.42. The number of rotatable bonds is 1. The van der Waals surface area contributed by atoms with Gasteiger partial charge in [-0.15, -0.1) is 12.4 Å². The number of piperidine rings is 1. The highest BCUT2D eigenvalue weighted by atomic mass is 35.5. The molecule has 0 spiro atoms. The third-order valence-electron chi connectivity index (χ3n) is 2.02. The second kappa shape index (κ2) is 5.38. The summed E-state index contributed by atoms with van der Waals surface area (Å²) in [5.74, 6) is 0. The molecule has 1 aliphatic rings. The van der Waals surface area contributed by atoms with Crippen LogP contribution >= 0.6 is 12.4 Å². The zero-order valence-electron chi connectivity index (χ0n) is 6.79. The van der Waals surface area contributed by atoms with Crippen LogP contribution in [0.15, 0.2) is 5.16 Å². The van der Waals surface area contributed by atoms with Crippen molar-refractivity contribution in [1.82, 2.24) is 4.90 Å². The number of halogens is 1. The average molecular weight is 179 g/mol. The average Bonchev–Trinajstić information content (AvgIpc) is 2.05. The Kier molecular flexibility index (Phi) is 5.24. The summed E-state index contributed by atoms with van der Waals surface area (Å²) in [6.07, 6.45) is 1.87. The van der Waals surface area contributed by atoms with Gasteiger partial charge in [0.25, 0.3) is 0 Å². The van der Waals surface area contributed by atoms with E-state index in [0.717, 1.165) is 38.2 Å². The standard InChI is InChI=1S/C7H14N2O.ClH/c1-2-9-5-3-7(8-10)4-6-9;/h10H,2-6H2,1H3;1H. The lowest BCUT2D eigenvalue weighted by Crippen LogP contribution is -2.33. The van der Waals surface area contributed by atoms with Gasteiger partial charge in [-0.3, -0.25) is 0 Å². The SMILES string of the molecule is CCN1CCC(=NO)CC1.Cl. The smallest absolute Gasteiger partial charge is 0.0596 e. The molecule has 1 rings (SSSR count). The largest absolute Gasteiger partial charge is 0.411 e. The van der Waals surface area contributed by atoms with E-state index in [0.29, 0.717) is 0 Å². The van der Waals surface area contributed by atoms with Crippen molar-refractivity contribution in [3.8, 4) is 0 Å². The van der Waals surface area contributed by atoms with E-state index >= 15 is 0 Å². The van der Waals surface area contributed by atoms with Gasteiger partial charge in [0.05, 0.1) is 5.71 Å². The Labute approximate surface area is 73.5 Å². The molecule has 1 heterocycles. The van der Waals surface area contributed by atoms with Crippen LogP contribution in [0.1, 0.15) is 19.8 Å². The fourth-order valence-electron chi connectivity index (χ4n) is 1.23.